The Hall–Kier alpha value is 0.444. The van der Waals surface area contributed by atoms with Crippen LogP contribution in [-0.4, -0.2) is 242 Å². The van der Waals surface area contributed by atoms with E-state index in [2.05, 4.69) is 132 Å². The van der Waals surface area contributed by atoms with Crippen LogP contribution in [0.2, 0.25) is 63.0 Å². The maximum Gasteiger partial charge on any atom is 0.326 e. The number of nitrogens with one attached hydrogen (secondary N) is 5. The molecule has 5 saturated heterocycles. The molecule has 0 aromatic carbocycles. The monoisotopic (exact) mass is 1070 g/mol. The van der Waals surface area contributed by atoms with Crippen LogP contribution in [0.1, 0.15) is 80.6 Å². The molecular formula is C49H110N10O6Si5. The molecule has 5 fully saturated rings. The van der Waals surface area contributed by atoms with Crippen LogP contribution >= 0.6 is 0 Å². The van der Waals surface area contributed by atoms with Gasteiger partial charge in [-0.3, -0.25) is 24.5 Å². The summed E-state index contributed by atoms with van der Waals surface area (Å²) >= 11 is 0. The van der Waals surface area contributed by atoms with Crippen molar-refractivity contribution in [3.05, 3.63) is 0 Å². The Morgan fingerprint density at radius 1 is 0.314 bits per heavy atom. The fraction of sp³-hybridized carbons (Fsp3) is 1.00. The smallest absolute Gasteiger partial charge is 0.326 e. The summed E-state index contributed by atoms with van der Waals surface area (Å²) in [6, 6.07) is 6.88. The summed E-state index contributed by atoms with van der Waals surface area (Å²) in [5.74, 6) is 0. The molecule has 0 saturated carbocycles. The van der Waals surface area contributed by atoms with Crippen LogP contribution in [0.3, 0.4) is 0 Å². The van der Waals surface area contributed by atoms with E-state index in [0.29, 0.717) is 43.4 Å². The van der Waals surface area contributed by atoms with Gasteiger partial charge in [-0.25, -0.2) is 0 Å². The first-order chi connectivity index (χ1) is 33.4. The average Bonchev–Trinajstić information content (AvgIpc) is 3.36. The third-order valence-electron chi connectivity index (χ3n) is 16.6. The highest BCUT2D eigenvalue weighted by molar-refractivity contribution is 6.90. The second-order valence-corrected chi connectivity index (χ2v) is 40.5. The average molecular weight is 1080 g/mol. The minimum absolute atomic E-state index is 0.424. The Labute approximate surface area is 435 Å². The summed E-state index contributed by atoms with van der Waals surface area (Å²) < 4.78 is 45.9. The van der Waals surface area contributed by atoms with Gasteiger partial charge in [0.05, 0.1) is 0 Å². The normalized spacial score (nSPS) is 26.7. The van der Waals surface area contributed by atoms with Crippen molar-refractivity contribution in [3.63, 3.8) is 0 Å². The molecule has 0 bridgehead atoms. The predicted molar refractivity (Wildman–Crippen MR) is 302 cm³/mol. The first-order valence-electron chi connectivity index (χ1n) is 28.7. The van der Waals surface area contributed by atoms with Crippen molar-refractivity contribution in [2.24, 2.45) is 0 Å². The van der Waals surface area contributed by atoms with Gasteiger partial charge in [0.2, 0.25) is 0 Å². The summed E-state index contributed by atoms with van der Waals surface area (Å²) in [4.78, 5) is 13.3. The lowest BCUT2D eigenvalue weighted by Crippen LogP contribution is -2.63. The molecule has 21 heteroatoms. The number of hydrogen-bond acceptors (Lipinski definition) is 16. The molecule has 5 aliphatic heterocycles. The number of nitrogens with zero attached hydrogens (tertiary/aromatic N) is 5. The fourth-order valence-electron chi connectivity index (χ4n) is 12.0. The lowest BCUT2D eigenvalue weighted by Gasteiger charge is -2.47. The Balaban J connectivity index is 1.50. The van der Waals surface area contributed by atoms with Gasteiger partial charge in [-0.2, -0.15) is 0 Å². The first kappa shape index (κ1) is 61.3. The molecule has 0 amide bonds. The standard InChI is InChI=1S/C49H110N10O6Si5/c1-13-60-66(8,40-15-45(3)55-30-20-50-21-31-55)62-68(10,42-17-47(5)57-34-24-52-25-35-57)64-70(12,44-19-49(7)59-38-28-54-29-39-59)65-69(11,43-18-48(6)58-36-26-53-27-37-58)63-67(9,61-14-2)41-16-46(4)56-32-22-51-23-33-56/h45-54H,13-44H2,1-12H3. The molecule has 5 N–H and O–H groups in total. The molecule has 0 aromatic rings. The van der Waals surface area contributed by atoms with E-state index < -0.39 is 42.8 Å². The van der Waals surface area contributed by atoms with E-state index in [1.807, 2.05) is 0 Å². The molecule has 9 unspecified atom stereocenters. The Morgan fingerprint density at radius 3 is 0.671 bits per heavy atom. The van der Waals surface area contributed by atoms with Gasteiger partial charge >= 0.3 is 42.8 Å². The zero-order valence-corrected chi connectivity index (χ0v) is 52.2. The van der Waals surface area contributed by atoms with E-state index in [9.17, 15) is 0 Å². The van der Waals surface area contributed by atoms with Crippen molar-refractivity contribution in [1.29, 1.82) is 0 Å². The van der Waals surface area contributed by atoms with Gasteiger partial charge < -0.3 is 51.9 Å². The number of hydrogen-bond donors (Lipinski definition) is 5. The molecule has 0 aromatic heterocycles. The van der Waals surface area contributed by atoms with Crippen LogP contribution in [0.15, 0.2) is 0 Å². The van der Waals surface area contributed by atoms with E-state index >= 15 is 0 Å². The molecule has 0 spiro atoms. The highest BCUT2D eigenvalue weighted by Gasteiger charge is 2.53. The zero-order valence-electron chi connectivity index (χ0n) is 47.2. The van der Waals surface area contributed by atoms with Crippen LogP contribution < -0.4 is 26.6 Å². The van der Waals surface area contributed by atoms with Crippen molar-refractivity contribution in [2.75, 3.05) is 144 Å². The summed E-state index contributed by atoms with van der Waals surface area (Å²) in [6.45, 7) is 51.0. The molecule has 0 aliphatic carbocycles. The maximum atomic E-state index is 8.14. The third kappa shape index (κ3) is 20.8. The molecule has 9 atom stereocenters. The highest BCUT2D eigenvalue weighted by atomic mass is 28.5. The Kier molecular flexibility index (Phi) is 26.6. The summed E-state index contributed by atoms with van der Waals surface area (Å²) in [6.07, 6.45) is 5.22. The predicted octanol–water partition coefficient (Wildman–Crippen LogP) is 4.90. The van der Waals surface area contributed by atoms with Crippen LogP contribution in [-0.2, 0) is 25.3 Å². The van der Waals surface area contributed by atoms with Crippen LogP contribution in [0, 0.1) is 0 Å². The van der Waals surface area contributed by atoms with Gasteiger partial charge in [0.1, 0.15) is 0 Å². The summed E-state index contributed by atoms with van der Waals surface area (Å²) in [5.41, 5.74) is 0. The molecule has 0 radical (unpaired) electrons. The Morgan fingerprint density at radius 2 is 0.486 bits per heavy atom. The van der Waals surface area contributed by atoms with Crippen molar-refractivity contribution < 1.29 is 25.3 Å². The number of piperazine rings is 5. The number of rotatable bonds is 32. The second kappa shape index (κ2) is 30.4. The topological polar surface area (TPSA) is 132 Å². The van der Waals surface area contributed by atoms with E-state index in [-0.39, 0.29) is 0 Å². The largest absolute Gasteiger partial charge is 0.416 e. The van der Waals surface area contributed by atoms with Gasteiger partial charge in [0.25, 0.3) is 0 Å². The van der Waals surface area contributed by atoms with Crippen molar-refractivity contribution in [1.82, 2.24) is 51.1 Å². The summed E-state index contributed by atoms with van der Waals surface area (Å²) in [7, 11) is -14.5. The zero-order chi connectivity index (χ0) is 50.7. The van der Waals surface area contributed by atoms with Gasteiger partial charge in [-0.05, 0) is 144 Å². The first-order valence-corrected chi connectivity index (χ1v) is 41.3. The minimum Gasteiger partial charge on any atom is -0.416 e. The van der Waals surface area contributed by atoms with Crippen LogP contribution in [0.25, 0.3) is 0 Å². The Bertz CT molecular complexity index is 1350. The van der Waals surface area contributed by atoms with E-state index in [1.165, 1.54) is 0 Å². The quantitative estimate of drug-likeness (QED) is 0.0585. The van der Waals surface area contributed by atoms with E-state index in [1.54, 1.807) is 0 Å². The van der Waals surface area contributed by atoms with E-state index in [0.717, 1.165) is 193 Å². The fourth-order valence-corrected chi connectivity index (χ4v) is 38.2. The summed E-state index contributed by atoms with van der Waals surface area (Å²) in [5, 5.41) is 17.8. The van der Waals surface area contributed by atoms with Crippen molar-refractivity contribution in [2.45, 2.75) is 174 Å². The lowest BCUT2D eigenvalue weighted by atomic mass is 10.2. The molecule has 70 heavy (non-hydrogen) atoms. The minimum atomic E-state index is -3.07. The SMILES string of the molecule is CCO[Si](C)(CCC(C)N1CCNCC1)O[Si](C)(CCC(C)N1CCNCC1)O[Si](C)(CCC(C)N1CCNCC1)O[Si](C)(CCC(C)N1CCNCC1)O[Si](C)(CCC(C)N1CCNCC1)OCC. The molecule has 16 nitrogen and oxygen atoms in total. The van der Waals surface area contributed by atoms with Crippen molar-refractivity contribution >= 4 is 42.8 Å². The van der Waals surface area contributed by atoms with Gasteiger partial charge in [0, 0.05) is 174 Å². The van der Waals surface area contributed by atoms with Gasteiger partial charge in [0.15, 0.2) is 0 Å². The van der Waals surface area contributed by atoms with Gasteiger partial charge in [-0.1, -0.05) is 0 Å². The van der Waals surface area contributed by atoms with Crippen LogP contribution in [0.4, 0.5) is 0 Å². The second-order valence-electron chi connectivity index (χ2n) is 22.8. The van der Waals surface area contributed by atoms with Crippen LogP contribution in [0.5, 0.6) is 0 Å². The molecule has 412 valence electrons. The maximum absolute atomic E-state index is 8.14. The molecule has 5 rings (SSSR count). The molecule has 5 aliphatic rings. The van der Waals surface area contributed by atoms with Gasteiger partial charge in [-0.15, -0.1) is 0 Å². The van der Waals surface area contributed by atoms with E-state index in [4.69, 9.17) is 25.3 Å². The lowest BCUT2D eigenvalue weighted by molar-refractivity contribution is 0.164. The molecular weight excluding hydrogens is 965 g/mol. The third-order valence-corrected chi connectivity index (χ3v) is 38.2. The van der Waals surface area contributed by atoms with Crippen molar-refractivity contribution in [3.8, 4) is 0 Å². The highest BCUT2D eigenvalue weighted by Crippen LogP contribution is 2.37. The molecule has 5 heterocycles.